The highest BCUT2D eigenvalue weighted by Gasteiger charge is 2.28. The van der Waals surface area contributed by atoms with E-state index in [9.17, 15) is 9.59 Å². The largest absolute Gasteiger partial charge is 0.443 e. The van der Waals surface area contributed by atoms with Gasteiger partial charge >= 0.3 is 6.09 Å². The number of H-pyrrole nitrogens is 1. The third-order valence-corrected chi connectivity index (χ3v) is 6.80. The number of nitrogens with zero attached hydrogens (tertiary/aromatic N) is 5. The minimum Gasteiger partial charge on any atom is -0.443 e. The van der Waals surface area contributed by atoms with E-state index in [1.807, 2.05) is 76.4 Å². The van der Waals surface area contributed by atoms with Gasteiger partial charge in [-0.15, -0.1) is 0 Å². The molecule has 11 nitrogen and oxygen atoms in total. The Kier molecular flexibility index (Phi) is 8.69. The third kappa shape index (κ3) is 7.23. The summed E-state index contributed by atoms with van der Waals surface area (Å²) in [5.41, 5.74) is 3.91. The number of aromatic nitrogens is 4. The van der Waals surface area contributed by atoms with Gasteiger partial charge in [-0.2, -0.15) is 10.2 Å². The molecule has 0 atom stereocenters. The van der Waals surface area contributed by atoms with E-state index in [2.05, 4.69) is 25.5 Å². The van der Waals surface area contributed by atoms with Crippen molar-refractivity contribution < 1.29 is 19.1 Å². The predicted molar refractivity (Wildman–Crippen MR) is 161 cm³/mol. The molecule has 4 aromatic rings. The number of benzene rings is 2. The predicted octanol–water partition coefficient (Wildman–Crippen LogP) is 5.30. The Morgan fingerprint density at radius 1 is 1.10 bits per heavy atom. The smallest absolute Gasteiger partial charge is 0.420 e. The fourth-order valence-electron chi connectivity index (χ4n) is 4.70. The summed E-state index contributed by atoms with van der Waals surface area (Å²) in [6, 6.07) is 17.0. The molecule has 2 aromatic carbocycles. The van der Waals surface area contributed by atoms with Crippen LogP contribution in [0, 0.1) is 6.92 Å². The Morgan fingerprint density at radius 3 is 2.52 bits per heavy atom. The van der Waals surface area contributed by atoms with Gasteiger partial charge in [-0.1, -0.05) is 12.1 Å². The van der Waals surface area contributed by atoms with Gasteiger partial charge in [0.05, 0.1) is 30.3 Å². The standard InChI is InChI=1S/C31H37N7O4/c1-22-20-24(33-29(39)12-15-36-16-18-41-19-17-36)8-11-27(22)38(30(40)42-31(2,3)4)28-21-26(34-35-28)23-6-9-25(10-7-23)37-14-5-13-32-37/h5-11,13-14,20-21H,12,15-19H2,1-4H3,(H,33,39)(H,34,35). The number of carbonyl (C=O) groups is 2. The number of nitrogens with one attached hydrogen (secondary N) is 2. The summed E-state index contributed by atoms with van der Waals surface area (Å²) in [4.78, 5) is 29.8. The first-order chi connectivity index (χ1) is 20.2. The number of rotatable bonds is 8. The Hall–Kier alpha value is -4.48. The number of aryl methyl sites for hydroxylation is 1. The number of carbonyl (C=O) groups excluding carboxylic acids is 2. The number of anilines is 3. The zero-order valence-electron chi connectivity index (χ0n) is 24.5. The molecule has 0 aliphatic carbocycles. The normalized spacial score (nSPS) is 14.0. The topological polar surface area (TPSA) is 118 Å². The van der Waals surface area contributed by atoms with Crippen LogP contribution in [0.25, 0.3) is 16.9 Å². The molecule has 220 valence electrons. The highest BCUT2D eigenvalue weighted by Crippen LogP contribution is 2.33. The first-order valence-electron chi connectivity index (χ1n) is 14.1. The Bertz CT molecular complexity index is 1500. The van der Waals surface area contributed by atoms with Crippen LogP contribution in [-0.2, 0) is 14.3 Å². The lowest BCUT2D eigenvalue weighted by atomic mass is 10.1. The molecule has 0 saturated carbocycles. The summed E-state index contributed by atoms with van der Waals surface area (Å²) in [5.74, 6) is 0.328. The molecule has 2 amide bonds. The molecule has 3 heterocycles. The van der Waals surface area contributed by atoms with Crippen LogP contribution in [0.2, 0.25) is 0 Å². The lowest BCUT2D eigenvalue weighted by Gasteiger charge is -2.27. The second kappa shape index (κ2) is 12.6. The quantitative estimate of drug-likeness (QED) is 0.295. The lowest BCUT2D eigenvalue weighted by Crippen LogP contribution is -2.38. The van der Waals surface area contributed by atoms with Gasteiger partial charge in [-0.05, 0) is 75.2 Å². The second-order valence-electron chi connectivity index (χ2n) is 11.2. The molecule has 1 fully saturated rings. The van der Waals surface area contributed by atoms with Gasteiger partial charge in [0, 0.05) is 50.2 Å². The molecule has 0 unspecified atom stereocenters. The van der Waals surface area contributed by atoms with E-state index < -0.39 is 11.7 Å². The highest BCUT2D eigenvalue weighted by molar-refractivity contribution is 5.97. The Balaban J connectivity index is 1.35. The van der Waals surface area contributed by atoms with Gasteiger partial charge in [0.15, 0.2) is 5.82 Å². The molecule has 11 heteroatoms. The van der Waals surface area contributed by atoms with Crippen LogP contribution in [0.1, 0.15) is 32.8 Å². The number of ether oxygens (including phenoxy) is 2. The number of amides is 2. The van der Waals surface area contributed by atoms with Crippen LogP contribution in [0.4, 0.5) is 22.0 Å². The molecular formula is C31H37N7O4. The van der Waals surface area contributed by atoms with Crippen molar-refractivity contribution in [3.05, 3.63) is 72.6 Å². The number of aromatic amines is 1. The summed E-state index contributed by atoms with van der Waals surface area (Å²) in [5, 5.41) is 14.8. The van der Waals surface area contributed by atoms with Crippen LogP contribution < -0.4 is 10.2 Å². The maximum absolute atomic E-state index is 13.5. The van der Waals surface area contributed by atoms with Crippen LogP contribution in [0.3, 0.4) is 0 Å². The Labute approximate surface area is 245 Å². The SMILES string of the molecule is Cc1cc(NC(=O)CCN2CCOCC2)ccc1N(C(=O)OC(C)(C)C)c1cc(-c2ccc(-n3cccn3)cc2)[nH]n1. The molecule has 0 bridgehead atoms. The molecule has 2 N–H and O–H groups in total. The average Bonchev–Trinajstić information content (AvgIpc) is 3.66. The number of morpholine rings is 1. The molecule has 0 spiro atoms. The van der Waals surface area contributed by atoms with Gasteiger partial charge < -0.3 is 14.8 Å². The van der Waals surface area contributed by atoms with Crippen molar-refractivity contribution in [3.63, 3.8) is 0 Å². The fourth-order valence-corrected chi connectivity index (χ4v) is 4.70. The monoisotopic (exact) mass is 571 g/mol. The first-order valence-corrected chi connectivity index (χ1v) is 14.1. The Morgan fingerprint density at radius 2 is 1.86 bits per heavy atom. The molecule has 0 radical (unpaired) electrons. The fraction of sp³-hybridized carbons (Fsp3) is 0.355. The van der Waals surface area contributed by atoms with Crippen LogP contribution in [0.15, 0.2) is 67.0 Å². The summed E-state index contributed by atoms with van der Waals surface area (Å²) >= 11 is 0. The lowest BCUT2D eigenvalue weighted by molar-refractivity contribution is -0.116. The summed E-state index contributed by atoms with van der Waals surface area (Å²) < 4.78 is 12.9. The van der Waals surface area contributed by atoms with Crippen molar-refractivity contribution in [1.82, 2.24) is 24.9 Å². The molecular weight excluding hydrogens is 534 g/mol. The summed E-state index contributed by atoms with van der Waals surface area (Å²) in [7, 11) is 0. The van der Waals surface area contributed by atoms with E-state index in [0.717, 1.165) is 35.6 Å². The molecule has 1 aliphatic heterocycles. The van der Waals surface area contributed by atoms with Crippen LogP contribution >= 0.6 is 0 Å². The number of hydrogen-bond donors (Lipinski definition) is 2. The van der Waals surface area contributed by atoms with Gasteiger partial charge in [0.25, 0.3) is 0 Å². The van der Waals surface area contributed by atoms with E-state index in [-0.39, 0.29) is 5.91 Å². The minimum atomic E-state index is -0.709. The first kappa shape index (κ1) is 29.0. The van der Waals surface area contributed by atoms with Gasteiger partial charge in [0.1, 0.15) is 5.60 Å². The van der Waals surface area contributed by atoms with Gasteiger partial charge in [0.2, 0.25) is 5.91 Å². The maximum atomic E-state index is 13.5. The minimum absolute atomic E-state index is 0.0619. The van der Waals surface area contributed by atoms with Gasteiger partial charge in [-0.25, -0.2) is 14.4 Å². The van der Waals surface area contributed by atoms with Crippen molar-refractivity contribution in [2.24, 2.45) is 0 Å². The van der Waals surface area contributed by atoms with Crippen LogP contribution in [-0.4, -0.2) is 75.3 Å². The van der Waals surface area contributed by atoms with Crippen molar-refractivity contribution in [1.29, 1.82) is 0 Å². The maximum Gasteiger partial charge on any atom is 0.420 e. The molecule has 5 rings (SSSR count). The average molecular weight is 572 g/mol. The molecule has 1 saturated heterocycles. The van der Waals surface area contributed by atoms with Crippen LogP contribution in [0.5, 0.6) is 0 Å². The van der Waals surface area contributed by atoms with E-state index >= 15 is 0 Å². The van der Waals surface area contributed by atoms with Crippen molar-refractivity contribution in [2.75, 3.05) is 43.1 Å². The number of hydrogen-bond acceptors (Lipinski definition) is 7. The van der Waals surface area contributed by atoms with Crippen molar-refractivity contribution in [2.45, 2.75) is 39.7 Å². The van der Waals surface area contributed by atoms with E-state index in [0.29, 0.717) is 43.4 Å². The zero-order chi connectivity index (χ0) is 29.7. The van der Waals surface area contributed by atoms with Crippen molar-refractivity contribution in [3.8, 4) is 16.9 Å². The summed E-state index contributed by atoms with van der Waals surface area (Å²) in [6.07, 6.45) is 3.45. The second-order valence-corrected chi connectivity index (χ2v) is 11.2. The van der Waals surface area contributed by atoms with E-state index in [1.165, 1.54) is 4.90 Å². The van der Waals surface area contributed by atoms with E-state index in [4.69, 9.17) is 9.47 Å². The van der Waals surface area contributed by atoms with Crippen molar-refractivity contribution >= 4 is 29.2 Å². The highest BCUT2D eigenvalue weighted by atomic mass is 16.6. The molecule has 42 heavy (non-hydrogen) atoms. The third-order valence-electron chi connectivity index (χ3n) is 6.80. The molecule has 1 aliphatic rings. The summed E-state index contributed by atoms with van der Waals surface area (Å²) in [6.45, 7) is 11.1. The van der Waals surface area contributed by atoms with Gasteiger partial charge in [-0.3, -0.25) is 14.8 Å². The molecule has 2 aromatic heterocycles. The van der Waals surface area contributed by atoms with E-state index in [1.54, 1.807) is 23.0 Å². The zero-order valence-corrected chi connectivity index (χ0v) is 24.5.